The number of hydrogen-bond acceptors (Lipinski definition) is 6. The lowest BCUT2D eigenvalue weighted by molar-refractivity contribution is 0.122. The molecule has 25 heavy (non-hydrogen) atoms. The minimum Gasteiger partial charge on any atom is -0.449 e. The largest absolute Gasteiger partial charge is 0.449 e. The van der Waals surface area contributed by atoms with E-state index < -0.39 is 0 Å². The molecule has 0 spiro atoms. The van der Waals surface area contributed by atoms with Gasteiger partial charge in [-0.3, -0.25) is 4.68 Å². The molecular formula is C18H23N5O2. The number of nitrogens with zero attached hydrogens (tertiary/aromatic N) is 5. The zero-order chi connectivity index (χ0) is 17.4. The van der Waals surface area contributed by atoms with E-state index in [1.54, 1.807) is 0 Å². The fourth-order valence-corrected chi connectivity index (χ4v) is 3.26. The van der Waals surface area contributed by atoms with Crippen molar-refractivity contribution in [1.29, 1.82) is 0 Å². The predicted molar refractivity (Wildman–Crippen MR) is 95.8 cm³/mol. The third-order valence-electron chi connectivity index (χ3n) is 4.51. The normalized spacial score (nSPS) is 15.2. The summed E-state index contributed by atoms with van der Waals surface area (Å²) < 4.78 is 13.5. The van der Waals surface area contributed by atoms with Crippen LogP contribution in [0.2, 0.25) is 0 Å². The number of morpholine rings is 1. The van der Waals surface area contributed by atoms with Crippen molar-refractivity contribution >= 4 is 16.9 Å². The smallest absolute Gasteiger partial charge is 0.195 e. The van der Waals surface area contributed by atoms with Crippen LogP contribution in [0, 0.1) is 6.92 Å². The summed E-state index contributed by atoms with van der Waals surface area (Å²) in [5.74, 6) is 2.33. The average molecular weight is 341 g/mol. The Bertz CT molecular complexity index is 892. The molecule has 7 heteroatoms. The van der Waals surface area contributed by atoms with Gasteiger partial charge < -0.3 is 14.1 Å². The Morgan fingerprint density at radius 1 is 1.16 bits per heavy atom. The average Bonchev–Trinajstić information content (AvgIpc) is 3.19. The van der Waals surface area contributed by atoms with E-state index in [0.717, 1.165) is 60.1 Å². The number of aryl methyl sites for hydroxylation is 3. The maximum absolute atomic E-state index is 6.16. The lowest BCUT2D eigenvalue weighted by Crippen LogP contribution is -2.37. The Labute approximate surface area is 146 Å². The number of aromatic nitrogens is 4. The number of rotatable bonds is 4. The van der Waals surface area contributed by atoms with Crippen molar-refractivity contribution in [1.82, 2.24) is 19.7 Å². The molecule has 3 aromatic heterocycles. The SMILES string of the molecule is CCCc1cc(-c2cc3nc(C)nc(N4CCOCC4)c3o2)nn1C. The standard InChI is InChI=1S/C18H23N5O2/c1-4-5-13-10-14(21-22(13)3)16-11-15-17(25-16)18(20-12(2)19-15)23-6-8-24-9-7-23/h10-11H,4-9H2,1-3H3. The number of fused-ring (bicyclic) bond motifs is 1. The topological polar surface area (TPSA) is 69.2 Å². The van der Waals surface area contributed by atoms with Crippen LogP contribution in [-0.4, -0.2) is 46.1 Å². The second-order valence-electron chi connectivity index (χ2n) is 6.41. The van der Waals surface area contributed by atoms with Crippen LogP contribution < -0.4 is 4.90 Å². The van der Waals surface area contributed by atoms with E-state index in [2.05, 4.69) is 33.0 Å². The monoisotopic (exact) mass is 341 g/mol. The van der Waals surface area contributed by atoms with Gasteiger partial charge in [0.2, 0.25) is 0 Å². The second kappa shape index (κ2) is 6.48. The number of anilines is 1. The maximum atomic E-state index is 6.16. The lowest BCUT2D eigenvalue weighted by Gasteiger charge is -2.27. The van der Waals surface area contributed by atoms with Crippen molar-refractivity contribution in [3.05, 3.63) is 23.7 Å². The van der Waals surface area contributed by atoms with Gasteiger partial charge in [-0.05, 0) is 19.4 Å². The van der Waals surface area contributed by atoms with Crippen LogP contribution in [0.1, 0.15) is 24.9 Å². The summed E-state index contributed by atoms with van der Waals surface area (Å²) in [6, 6.07) is 4.06. The summed E-state index contributed by atoms with van der Waals surface area (Å²) in [5.41, 5.74) is 3.60. The molecule has 0 atom stereocenters. The molecule has 0 N–H and O–H groups in total. The number of hydrogen-bond donors (Lipinski definition) is 0. The van der Waals surface area contributed by atoms with Crippen molar-refractivity contribution in [2.75, 3.05) is 31.2 Å². The molecule has 0 aromatic carbocycles. The highest BCUT2D eigenvalue weighted by Gasteiger charge is 2.21. The number of furan rings is 1. The van der Waals surface area contributed by atoms with Gasteiger partial charge in [-0.15, -0.1) is 0 Å². The van der Waals surface area contributed by atoms with Crippen LogP contribution in [0.5, 0.6) is 0 Å². The highest BCUT2D eigenvalue weighted by Crippen LogP contribution is 2.32. The molecule has 0 radical (unpaired) electrons. The Hall–Kier alpha value is -2.41. The van der Waals surface area contributed by atoms with E-state index >= 15 is 0 Å². The second-order valence-corrected chi connectivity index (χ2v) is 6.41. The van der Waals surface area contributed by atoms with Gasteiger partial charge in [-0.2, -0.15) is 5.10 Å². The van der Waals surface area contributed by atoms with Gasteiger partial charge in [-0.1, -0.05) is 13.3 Å². The van der Waals surface area contributed by atoms with Gasteiger partial charge in [0.25, 0.3) is 0 Å². The zero-order valence-electron chi connectivity index (χ0n) is 14.9. The van der Waals surface area contributed by atoms with Crippen molar-refractivity contribution in [3.63, 3.8) is 0 Å². The quantitative estimate of drug-likeness (QED) is 0.727. The lowest BCUT2D eigenvalue weighted by atomic mass is 10.2. The van der Waals surface area contributed by atoms with E-state index in [9.17, 15) is 0 Å². The molecule has 0 bridgehead atoms. The molecule has 132 valence electrons. The minimum atomic E-state index is 0.707. The predicted octanol–water partition coefficient (Wildman–Crippen LogP) is 2.72. The number of ether oxygens (including phenoxy) is 1. The van der Waals surface area contributed by atoms with E-state index in [1.165, 1.54) is 5.69 Å². The molecule has 1 aliphatic rings. The van der Waals surface area contributed by atoms with Crippen molar-refractivity contribution in [2.45, 2.75) is 26.7 Å². The van der Waals surface area contributed by atoms with Crippen LogP contribution >= 0.6 is 0 Å². The molecule has 7 nitrogen and oxygen atoms in total. The van der Waals surface area contributed by atoms with Crippen LogP contribution in [0.15, 0.2) is 16.5 Å². The van der Waals surface area contributed by atoms with Gasteiger partial charge in [0.05, 0.1) is 13.2 Å². The Balaban J connectivity index is 1.78. The first-order valence-electron chi connectivity index (χ1n) is 8.80. The summed E-state index contributed by atoms with van der Waals surface area (Å²) in [6.45, 7) is 7.12. The van der Waals surface area contributed by atoms with E-state index in [1.807, 2.05) is 24.7 Å². The molecule has 0 aliphatic carbocycles. The van der Waals surface area contributed by atoms with E-state index in [-0.39, 0.29) is 0 Å². The Morgan fingerprint density at radius 3 is 2.72 bits per heavy atom. The van der Waals surface area contributed by atoms with Gasteiger partial charge >= 0.3 is 0 Å². The molecule has 0 unspecified atom stereocenters. The first-order chi connectivity index (χ1) is 12.2. The minimum absolute atomic E-state index is 0.707. The molecular weight excluding hydrogens is 318 g/mol. The Morgan fingerprint density at radius 2 is 1.96 bits per heavy atom. The highest BCUT2D eigenvalue weighted by atomic mass is 16.5. The third kappa shape index (κ3) is 3.00. The van der Waals surface area contributed by atoms with E-state index in [0.29, 0.717) is 13.2 Å². The molecule has 1 aliphatic heterocycles. The molecule has 3 aromatic rings. The Kier molecular flexibility index (Phi) is 4.17. The summed E-state index contributed by atoms with van der Waals surface area (Å²) in [6.07, 6.45) is 2.09. The van der Waals surface area contributed by atoms with E-state index in [4.69, 9.17) is 9.15 Å². The summed E-state index contributed by atoms with van der Waals surface area (Å²) in [7, 11) is 1.97. The van der Waals surface area contributed by atoms with Crippen molar-refractivity contribution in [3.8, 4) is 11.5 Å². The van der Waals surface area contributed by atoms with Gasteiger partial charge in [0, 0.05) is 31.9 Å². The molecule has 1 saturated heterocycles. The molecule has 4 rings (SSSR count). The molecule has 4 heterocycles. The maximum Gasteiger partial charge on any atom is 0.195 e. The summed E-state index contributed by atoms with van der Waals surface area (Å²) in [4.78, 5) is 11.4. The van der Waals surface area contributed by atoms with Crippen LogP contribution in [-0.2, 0) is 18.2 Å². The van der Waals surface area contributed by atoms with Gasteiger partial charge in [-0.25, -0.2) is 9.97 Å². The summed E-state index contributed by atoms with van der Waals surface area (Å²) in [5, 5.41) is 4.60. The van der Waals surface area contributed by atoms with Crippen LogP contribution in [0.3, 0.4) is 0 Å². The first kappa shape index (κ1) is 16.1. The third-order valence-corrected chi connectivity index (χ3v) is 4.51. The fourth-order valence-electron chi connectivity index (χ4n) is 3.26. The van der Waals surface area contributed by atoms with Gasteiger partial charge in [0.15, 0.2) is 17.2 Å². The molecule has 1 fully saturated rings. The zero-order valence-corrected chi connectivity index (χ0v) is 14.9. The molecule has 0 amide bonds. The fraction of sp³-hybridized carbons (Fsp3) is 0.500. The highest BCUT2D eigenvalue weighted by molar-refractivity contribution is 5.87. The molecule has 0 saturated carbocycles. The first-order valence-corrected chi connectivity index (χ1v) is 8.80. The van der Waals surface area contributed by atoms with Crippen LogP contribution in [0.4, 0.5) is 5.82 Å². The van der Waals surface area contributed by atoms with Crippen molar-refractivity contribution < 1.29 is 9.15 Å². The van der Waals surface area contributed by atoms with Crippen molar-refractivity contribution in [2.24, 2.45) is 7.05 Å². The van der Waals surface area contributed by atoms with Gasteiger partial charge in [0.1, 0.15) is 17.0 Å². The van der Waals surface area contributed by atoms with Crippen LogP contribution in [0.25, 0.3) is 22.6 Å². The summed E-state index contributed by atoms with van der Waals surface area (Å²) >= 11 is 0.